The molecule has 1 heterocycles. The molecule has 0 saturated carbocycles. The van der Waals surface area contributed by atoms with Crippen LogP contribution in [0.2, 0.25) is 0 Å². The van der Waals surface area contributed by atoms with Gasteiger partial charge in [0.25, 0.3) is 0 Å². The van der Waals surface area contributed by atoms with Crippen molar-refractivity contribution in [3.05, 3.63) is 0 Å². The summed E-state index contributed by atoms with van der Waals surface area (Å²) in [7, 11) is 0. The molecule has 1 atom stereocenters. The predicted molar refractivity (Wildman–Crippen MR) is 61.6 cm³/mol. The van der Waals surface area contributed by atoms with Crippen LogP contribution in [0.1, 0.15) is 27.2 Å². The van der Waals surface area contributed by atoms with Crippen molar-refractivity contribution >= 4 is 12.0 Å². The van der Waals surface area contributed by atoms with Gasteiger partial charge in [-0.25, -0.2) is 4.79 Å². The molecule has 0 aromatic heterocycles. The van der Waals surface area contributed by atoms with Gasteiger partial charge in [-0.15, -0.1) is 0 Å². The van der Waals surface area contributed by atoms with E-state index in [1.54, 1.807) is 20.8 Å². The largest absolute Gasteiger partial charge is 0.444 e. The van der Waals surface area contributed by atoms with Crippen molar-refractivity contribution in [1.82, 2.24) is 10.6 Å². The van der Waals surface area contributed by atoms with Crippen molar-refractivity contribution in [2.75, 3.05) is 19.7 Å². The molecule has 0 radical (unpaired) electrons. The van der Waals surface area contributed by atoms with Crippen molar-refractivity contribution in [1.29, 1.82) is 0 Å². The molecule has 17 heavy (non-hydrogen) atoms. The second kappa shape index (κ2) is 5.86. The zero-order chi connectivity index (χ0) is 12.9. The highest BCUT2D eigenvalue weighted by Crippen LogP contribution is 2.07. The lowest BCUT2D eigenvalue weighted by molar-refractivity contribution is -0.125. The van der Waals surface area contributed by atoms with E-state index in [4.69, 9.17) is 9.47 Å². The molecular weight excluding hydrogens is 224 g/mol. The van der Waals surface area contributed by atoms with E-state index in [0.717, 1.165) is 0 Å². The molecule has 0 aromatic carbocycles. The number of carbonyl (C=O) groups excluding carboxylic acids is 2. The van der Waals surface area contributed by atoms with Crippen LogP contribution in [0.4, 0.5) is 4.79 Å². The molecule has 0 bridgehead atoms. The Morgan fingerprint density at radius 1 is 1.59 bits per heavy atom. The first-order chi connectivity index (χ1) is 7.87. The molecule has 1 saturated heterocycles. The fourth-order valence-corrected chi connectivity index (χ4v) is 1.37. The van der Waals surface area contributed by atoms with Gasteiger partial charge < -0.3 is 20.1 Å². The van der Waals surface area contributed by atoms with Crippen LogP contribution in [-0.2, 0) is 14.3 Å². The Hall–Kier alpha value is -1.30. The van der Waals surface area contributed by atoms with Gasteiger partial charge in [0.1, 0.15) is 12.2 Å². The third-order valence-electron chi connectivity index (χ3n) is 2.11. The number of hydrogen-bond acceptors (Lipinski definition) is 4. The van der Waals surface area contributed by atoms with Crippen LogP contribution in [0.5, 0.6) is 0 Å². The van der Waals surface area contributed by atoms with Gasteiger partial charge in [0.15, 0.2) is 0 Å². The Bertz CT molecular complexity index is 286. The Morgan fingerprint density at radius 3 is 2.94 bits per heavy atom. The topological polar surface area (TPSA) is 76.7 Å². The van der Waals surface area contributed by atoms with Gasteiger partial charge in [-0.05, 0) is 27.2 Å². The molecule has 1 rings (SSSR count). The van der Waals surface area contributed by atoms with Crippen molar-refractivity contribution in [2.24, 2.45) is 0 Å². The molecule has 98 valence electrons. The lowest BCUT2D eigenvalue weighted by atomic mass is 10.2. The van der Waals surface area contributed by atoms with Crippen molar-refractivity contribution in [2.45, 2.75) is 38.9 Å². The first-order valence-corrected chi connectivity index (χ1v) is 5.72. The number of amides is 2. The quantitative estimate of drug-likeness (QED) is 0.738. The van der Waals surface area contributed by atoms with Crippen molar-refractivity contribution < 1.29 is 19.1 Å². The normalized spacial score (nSPS) is 21.4. The highest BCUT2D eigenvalue weighted by atomic mass is 16.6. The molecule has 1 aliphatic rings. The number of nitrogens with one attached hydrogen (secondary N) is 2. The second-order valence-corrected chi connectivity index (χ2v) is 4.95. The van der Waals surface area contributed by atoms with E-state index in [9.17, 15) is 9.59 Å². The Labute approximate surface area is 101 Å². The molecule has 1 aliphatic heterocycles. The zero-order valence-corrected chi connectivity index (χ0v) is 10.5. The molecule has 1 unspecified atom stereocenters. The summed E-state index contributed by atoms with van der Waals surface area (Å²) in [5.74, 6) is -0.121. The first kappa shape index (κ1) is 13.8. The minimum absolute atomic E-state index is 0.0423. The molecule has 1 fully saturated rings. The summed E-state index contributed by atoms with van der Waals surface area (Å²) in [4.78, 5) is 22.4. The summed E-state index contributed by atoms with van der Waals surface area (Å²) in [6, 6.07) is 0. The molecule has 6 heteroatoms. The van der Waals surface area contributed by atoms with Gasteiger partial charge in [0, 0.05) is 13.1 Å². The van der Waals surface area contributed by atoms with Gasteiger partial charge in [-0.2, -0.15) is 0 Å². The van der Waals surface area contributed by atoms with Gasteiger partial charge in [0.05, 0.1) is 6.10 Å². The fourth-order valence-electron chi connectivity index (χ4n) is 1.37. The first-order valence-electron chi connectivity index (χ1n) is 5.72. The minimum atomic E-state index is -0.508. The maximum Gasteiger partial charge on any atom is 0.407 e. The minimum Gasteiger partial charge on any atom is -0.444 e. The van der Waals surface area contributed by atoms with E-state index in [0.29, 0.717) is 19.5 Å². The molecule has 0 aliphatic carbocycles. The lowest BCUT2D eigenvalue weighted by Crippen LogP contribution is -2.38. The Kier molecular flexibility index (Phi) is 4.74. The average Bonchev–Trinajstić information content (AvgIpc) is 2.37. The van der Waals surface area contributed by atoms with Crippen LogP contribution in [-0.4, -0.2) is 43.4 Å². The standard InChI is InChI=1S/C11H20N2O4/c1-11(2,3)17-10(15)13-6-8-4-5-12-9(14)7-16-8/h8H,4-7H2,1-3H3,(H,12,14)(H,13,15). The van der Waals surface area contributed by atoms with E-state index in [1.165, 1.54) is 0 Å². The van der Waals surface area contributed by atoms with Crippen LogP contribution in [0, 0.1) is 0 Å². The maximum atomic E-state index is 11.4. The van der Waals surface area contributed by atoms with Crippen LogP contribution in [0.3, 0.4) is 0 Å². The van der Waals surface area contributed by atoms with Crippen molar-refractivity contribution in [3.63, 3.8) is 0 Å². The number of ether oxygens (including phenoxy) is 2. The van der Waals surface area contributed by atoms with Gasteiger partial charge in [-0.3, -0.25) is 4.79 Å². The molecule has 2 N–H and O–H groups in total. The molecule has 0 aromatic rings. The fraction of sp³-hybridized carbons (Fsp3) is 0.818. The third-order valence-corrected chi connectivity index (χ3v) is 2.11. The molecular formula is C11H20N2O4. The molecule has 2 amide bonds. The highest BCUT2D eigenvalue weighted by Gasteiger charge is 2.19. The predicted octanol–water partition coefficient (Wildman–Crippen LogP) is 0.416. The monoisotopic (exact) mass is 244 g/mol. The van der Waals surface area contributed by atoms with Crippen LogP contribution in [0.15, 0.2) is 0 Å². The number of hydrogen-bond donors (Lipinski definition) is 2. The van der Waals surface area contributed by atoms with Crippen LogP contribution < -0.4 is 10.6 Å². The average molecular weight is 244 g/mol. The Morgan fingerprint density at radius 2 is 2.29 bits per heavy atom. The summed E-state index contributed by atoms with van der Waals surface area (Å²) in [6.45, 7) is 6.37. The van der Waals surface area contributed by atoms with Crippen LogP contribution in [0.25, 0.3) is 0 Å². The van der Waals surface area contributed by atoms with Gasteiger partial charge >= 0.3 is 6.09 Å². The summed E-state index contributed by atoms with van der Waals surface area (Å²) < 4.78 is 10.4. The summed E-state index contributed by atoms with van der Waals surface area (Å²) in [5, 5.41) is 5.32. The van der Waals surface area contributed by atoms with E-state index in [2.05, 4.69) is 10.6 Å². The lowest BCUT2D eigenvalue weighted by Gasteiger charge is -2.21. The zero-order valence-electron chi connectivity index (χ0n) is 10.5. The highest BCUT2D eigenvalue weighted by molar-refractivity contribution is 5.77. The number of rotatable bonds is 2. The molecule has 6 nitrogen and oxygen atoms in total. The smallest absolute Gasteiger partial charge is 0.407 e. The SMILES string of the molecule is CC(C)(C)OC(=O)NCC1CCNC(=O)CO1. The van der Waals surface area contributed by atoms with E-state index in [-0.39, 0.29) is 18.6 Å². The summed E-state index contributed by atoms with van der Waals surface area (Å²) in [5.41, 5.74) is -0.508. The van der Waals surface area contributed by atoms with Gasteiger partial charge in [-0.1, -0.05) is 0 Å². The van der Waals surface area contributed by atoms with E-state index in [1.807, 2.05) is 0 Å². The summed E-state index contributed by atoms with van der Waals surface area (Å²) in [6.07, 6.45) is 0.0627. The van der Waals surface area contributed by atoms with Gasteiger partial charge in [0.2, 0.25) is 5.91 Å². The third kappa shape index (κ3) is 6.11. The van der Waals surface area contributed by atoms with Crippen LogP contribution >= 0.6 is 0 Å². The Balaban J connectivity index is 2.25. The maximum absolute atomic E-state index is 11.4. The molecule has 0 spiro atoms. The van der Waals surface area contributed by atoms with E-state index < -0.39 is 11.7 Å². The second-order valence-electron chi connectivity index (χ2n) is 4.95. The van der Waals surface area contributed by atoms with Crippen molar-refractivity contribution in [3.8, 4) is 0 Å². The number of alkyl carbamates (subject to hydrolysis) is 1. The number of carbonyl (C=O) groups is 2. The summed E-state index contributed by atoms with van der Waals surface area (Å²) >= 11 is 0. The van der Waals surface area contributed by atoms with E-state index >= 15 is 0 Å².